The van der Waals surface area contributed by atoms with E-state index in [-0.39, 0.29) is 16.2 Å². The molecule has 20 heavy (non-hydrogen) atoms. The van der Waals surface area contributed by atoms with Gasteiger partial charge in [0.1, 0.15) is 0 Å². The molecule has 4 nitrogen and oxygen atoms in total. The van der Waals surface area contributed by atoms with E-state index in [4.69, 9.17) is 0 Å². The monoisotopic (exact) mass is 334 g/mol. The van der Waals surface area contributed by atoms with Crippen molar-refractivity contribution in [1.29, 1.82) is 0 Å². The van der Waals surface area contributed by atoms with E-state index in [9.17, 15) is 38.8 Å². The Morgan fingerprint density at radius 2 is 1.20 bits per heavy atom. The molecule has 0 saturated carbocycles. The Hall–Kier alpha value is -1.75. The van der Waals surface area contributed by atoms with Crippen molar-refractivity contribution in [2.75, 3.05) is 0 Å². The molecule has 0 fully saturated rings. The quantitative estimate of drug-likeness (QED) is 0.363. The predicted octanol–water partition coefficient (Wildman–Crippen LogP) is 1.41. The fourth-order valence-electron chi connectivity index (χ4n) is 1.07. The van der Waals surface area contributed by atoms with E-state index in [1.807, 2.05) is 0 Å². The Morgan fingerprint density at radius 3 is 1.60 bits per heavy atom. The number of rotatable bonds is 3. The largest absolute Gasteiger partial charge is 0.226 e. The van der Waals surface area contributed by atoms with Gasteiger partial charge in [-0.15, -0.1) is 0 Å². The van der Waals surface area contributed by atoms with E-state index in [2.05, 4.69) is 0 Å². The van der Waals surface area contributed by atoms with Crippen molar-refractivity contribution in [1.82, 2.24) is 0 Å². The Balaban J connectivity index is 3.49. The minimum Gasteiger partial charge on any atom is -0.219 e. The molecule has 0 unspecified atom stereocenters. The lowest BCUT2D eigenvalue weighted by molar-refractivity contribution is 0.377. The first-order chi connectivity index (χ1) is 9.07. The molecule has 0 bridgehead atoms. The first-order valence-corrected chi connectivity index (χ1v) is 7.19. The lowest BCUT2D eigenvalue weighted by atomic mass is 10.1. The normalized spacial score (nSPS) is 11.8. The second-order valence-electron chi connectivity index (χ2n) is 3.23. The van der Waals surface area contributed by atoms with Gasteiger partial charge in [-0.05, 0) is 6.08 Å². The van der Waals surface area contributed by atoms with Gasteiger partial charge in [0.05, 0.1) is 5.56 Å². The molecular weight excluding hydrogens is 331 g/mol. The number of hydrogen-bond donors (Lipinski definition) is 0. The smallest absolute Gasteiger partial charge is 0.219 e. The summed E-state index contributed by atoms with van der Waals surface area (Å²) in [4.78, 5) is 0. The lowest BCUT2D eigenvalue weighted by Gasteiger charge is -2.03. The van der Waals surface area contributed by atoms with Crippen LogP contribution in [0, 0.1) is 29.1 Å². The lowest BCUT2D eigenvalue weighted by Crippen LogP contribution is -2.04. The molecule has 0 saturated heterocycles. The van der Waals surface area contributed by atoms with Gasteiger partial charge in [0, 0.05) is 5.41 Å². The van der Waals surface area contributed by atoms with E-state index in [0.29, 0.717) is 0 Å². The highest BCUT2D eigenvalue weighted by molar-refractivity contribution is 8.15. The topological polar surface area (TPSA) is 68.3 Å². The molecule has 0 N–H and O–H groups in total. The highest BCUT2D eigenvalue weighted by Crippen LogP contribution is 2.24. The van der Waals surface area contributed by atoms with Crippen LogP contribution in [0.4, 0.5) is 22.0 Å². The molecule has 0 aliphatic carbocycles. The molecule has 0 aliphatic heterocycles. The van der Waals surface area contributed by atoms with Gasteiger partial charge in [0.2, 0.25) is 25.9 Å². The summed E-state index contributed by atoms with van der Waals surface area (Å²) in [6.45, 7) is 0. The maximum absolute atomic E-state index is 13.1. The van der Waals surface area contributed by atoms with Crippen molar-refractivity contribution < 1.29 is 38.8 Å². The summed E-state index contributed by atoms with van der Waals surface area (Å²) in [6.07, 6.45) is 0.0644. The average molecular weight is 334 g/mol. The fourth-order valence-corrected chi connectivity index (χ4v) is 2.53. The van der Waals surface area contributed by atoms with E-state index < -0.39 is 54.8 Å². The zero-order chi connectivity index (χ0) is 15.7. The molecule has 110 valence electrons. The van der Waals surface area contributed by atoms with Crippen LogP contribution in [-0.2, 0) is 20.1 Å². The molecule has 0 aliphatic rings. The molecule has 1 aromatic carbocycles. The van der Waals surface area contributed by atoms with E-state index in [1.54, 1.807) is 0 Å². The first-order valence-electron chi connectivity index (χ1n) is 4.44. The van der Waals surface area contributed by atoms with Gasteiger partial charge in [-0.1, -0.05) is 0 Å². The second-order valence-corrected chi connectivity index (χ2v) is 5.97. The summed E-state index contributed by atoms with van der Waals surface area (Å²) in [6, 6.07) is 0. The number of halogens is 5. The van der Waals surface area contributed by atoms with Crippen LogP contribution >= 0.6 is 0 Å². The third-order valence-corrected chi connectivity index (χ3v) is 4.10. The van der Waals surface area contributed by atoms with Gasteiger partial charge in [-0.2, -0.15) is 8.42 Å². The molecule has 11 heteroatoms. The Morgan fingerprint density at radius 1 is 0.800 bits per heavy atom. The van der Waals surface area contributed by atoms with Gasteiger partial charge in [0.25, 0.3) is 0 Å². The zero-order valence-corrected chi connectivity index (χ0v) is 10.7. The summed E-state index contributed by atoms with van der Waals surface area (Å²) in [5, 5.41) is -0.0128. The molecule has 0 radical (unpaired) electrons. The first kappa shape index (κ1) is 16.3. The molecule has 0 amide bonds. The van der Waals surface area contributed by atoms with Crippen molar-refractivity contribution >= 4 is 30.9 Å². The zero-order valence-electron chi connectivity index (χ0n) is 9.07. The third kappa shape index (κ3) is 3.42. The van der Waals surface area contributed by atoms with E-state index >= 15 is 0 Å². The van der Waals surface area contributed by atoms with Gasteiger partial charge >= 0.3 is 0 Å². The summed E-state index contributed by atoms with van der Waals surface area (Å²) in [7, 11) is -7.66. The van der Waals surface area contributed by atoms with Crippen molar-refractivity contribution in [3.05, 3.63) is 40.1 Å². The van der Waals surface area contributed by atoms with Crippen LogP contribution in [0.2, 0.25) is 0 Å². The molecule has 0 atom stereocenters. The standard InChI is InChI=1S/C9H3F5O4S2/c10-5-4(1-2-20(17,18)3-19(15)16)6(11)8(13)9(14)7(5)12/h1-3H. The van der Waals surface area contributed by atoms with Crippen molar-refractivity contribution in [3.63, 3.8) is 0 Å². The molecule has 0 aromatic heterocycles. The van der Waals surface area contributed by atoms with Gasteiger partial charge < -0.3 is 0 Å². The summed E-state index contributed by atoms with van der Waals surface area (Å²) in [5.74, 6) is -11.4. The van der Waals surface area contributed by atoms with Crippen LogP contribution in [-0.4, -0.2) is 21.5 Å². The molecule has 1 aromatic rings. The van der Waals surface area contributed by atoms with Gasteiger partial charge in [-0.25, -0.2) is 30.4 Å². The van der Waals surface area contributed by atoms with Gasteiger partial charge in [-0.3, -0.25) is 0 Å². The Labute approximate surface area is 110 Å². The molecular formula is C9H3F5O4S2. The minimum absolute atomic E-state index is 0.0128. The predicted molar refractivity (Wildman–Crippen MR) is 59.2 cm³/mol. The fraction of sp³-hybridized carbons (Fsp3) is 0. The number of hydrogen-bond acceptors (Lipinski definition) is 4. The Bertz CT molecular complexity index is 787. The molecule has 0 spiro atoms. The SMILES string of the molecule is O=S(=O)=CS(=O)(=O)C=Cc1c(F)c(F)c(F)c(F)c1F. The van der Waals surface area contributed by atoms with E-state index in [0.717, 1.165) is 0 Å². The Kier molecular flexibility index (Phi) is 4.65. The molecule has 0 heterocycles. The summed E-state index contributed by atoms with van der Waals surface area (Å²) in [5.41, 5.74) is -1.50. The van der Waals surface area contributed by atoms with Crippen LogP contribution in [0.15, 0.2) is 5.41 Å². The van der Waals surface area contributed by atoms with E-state index in [1.165, 1.54) is 0 Å². The minimum atomic E-state index is -4.54. The highest BCUT2D eigenvalue weighted by atomic mass is 32.2. The van der Waals surface area contributed by atoms with Crippen molar-refractivity contribution in [3.8, 4) is 0 Å². The third-order valence-electron chi connectivity index (χ3n) is 1.88. The van der Waals surface area contributed by atoms with Crippen LogP contribution in [0.25, 0.3) is 6.08 Å². The van der Waals surface area contributed by atoms with Crippen LogP contribution < -0.4 is 0 Å². The van der Waals surface area contributed by atoms with Crippen LogP contribution in [0.1, 0.15) is 5.56 Å². The van der Waals surface area contributed by atoms with Gasteiger partial charge in [0.15, 0.2) is 28.0 Å². The van der Waals surface area contributed by atoms with Crippen molar-refractivity contribution in [2.45, 2.75) is 0 Å². The summed E-state index contributed by atoms with van der Waals surface area (Å²) >= 11 is 0. The number of benzene rings is 1. The summed E-state index contributed by atoms with van der Waals surface area (Å²) < 4.78 is 107. The maximum Gasteiger partial charge on any atom is 0.226 e. The molecule has 1 rings (SSSR count). The van der Waals surface area contributed by atoms with Crippen LogP contribution in [0.5, 0.6) is 0 Å². The average Bonchev–Trinajstić information content (AvgIpc) is 2.32. The maximum atomic E-state index is 13.1. The van der Waals surface area contributed by atoms with Crippen molar-refractivity contribution in [2.24, 2.45) is 0 Å². The number of sulfone groups is 1. The second kappa shape index (κ2) is 5.71. The van der Waals surface area contributed by atoms with Crippen LogP contribution in [0.3, 0.4) is 0 Å². The highest BCUT2D eigenvalue weighted by Gasteiger charge is 2.24.